The lowest BCUT2D eigenvalue weighted by Crippen LogP contribution is -2.00. The van der Waals surface area contributed by atoms with Gasteiger partial charge in [0.15, 0.2) is 17.5 Å². The molecule has 0 aliphatic heterocycles. The van der Waals surface area contributed by atoms with E-state index in [1.807, 2.05) is 103 Å². The van der Waals surface area contributed by atoms with Crippen LogP contribution in [0.1, 0.15) is 0 Å². The van der Waals surface area contributed by atoms with Crippen molar-refractivity contribution < 1.29 is 8.81 Å². The summed E-state index contributed by atoms with van der Waals surface area (Å²) in [6.45, 7) is 0. The van der Waals surface area contributed by atoms with E-state index in [2.05, 4.69) is 0 Å². The third kappa shape index (κ3) is 3.91. The monoisotopic (exact) mass is 493 g/mol. The Bertz CT molecular complexity index is 1930. The van der Waals surface area contributed by atoms with Crippen LogP contribution in [0.3, 0.4) is 0 Å². The number of benzene rings is 5. The van der Waals surface area contributed by atoms with Gasteiger partial charge < -0.3 is 4.42 Å². The van der Waals surface area contributed by atoms with Gasteiger partial charge in [-0.2, -0.15) is 0 Å². The molecule has 0 radical (unpaired) electrons. The highest BCUT2D eigenvalue weighted by Gasteiger charge is 2.16. The van der Waals surface area contributed by atoms with Gasteiger partial charge in [-0.1, -0.05) is 84.9 Å². The average molecular weight is 494 g/mol. The zero-order chi connectivity index (χ0) is 25.5. The molecule has 0 unspecified atom stereocenters. The van der Waals surface area contributed by atoms with Gasteiger partial charge in [-0.05, 0) is 42.0 Å². The van der Waals surface area contributed by atoms with E-state index >= 15 is 0 Å². The molecule has 0 bridgehead atoms. The van der Waals surface area contributed by atoms with Crippen molar-refractivity contribution in [3.63, 3.8) is 0 Å². The number of aromatic nitrogens is 3. The Kier molecular flexibility index (Phi) is 5.26. The molecule has 4 nitrogen and oxygen atoms in total. The molecule has 180 valence electrons. The van der Waals surface area contributed by atoms with Crippen LogP contribution < -0.4 is 0 Å². The first-order valence-electron chi connectivity index (χ1n) is 12.3. The Morgan fingerprint density at radius 2 is 1.00 bits per heavy atom. The number of para-hydroxylation sites is 1. The summed E-state index contributed by atoms with van der Waals surface area (Å²) in [5.41, 5.74) is 5.27. The van der Waals surface area contributed by atoms with Crippen LogP contribution in [0.25, 0.3) is 67.2 Å². The number of rotatable bonds is 4. The molecule has 0 saturated heterocycles. The minimum Gasteiger partial charge on any atom is -0.456 e. The molecular formula is C33H20FN3O. The van der Waals surface area contributed by atoms with E-state index in [4.69, 9.17) is 19.4 Å². The molecule has 0 fully saturated rings. The predicted octanol–water partition coefficient (Wildman–Crippen LogP) is 8.58. The number of fused-ring (bicyclic) bond motifs is 3. The van der Waals surface area contributed by atoms with Gasteiger partial charge in [-0.25, -0.2) is 19.3 Å². The molecule has 0 aliphatic rings. The first kappa shape index (κ1) is 22.1. The largest absolute Gasteiger partial charge is 0.456 e. The van der Waals surface area contributed by atoms with E-state index in [0.717, 1.165) is 38.6 Å². The minimum atomic E-state index is -0.298. The lowest BCUT2D eigenvalue weighted by atomic mass is 10.0. The van der Waals surface area contributed by atoms with Gasteiger partial charge in [-0.15, -0.1) is 0 Å². The van der Waals surface area contributed by atoms with Crippen LogP contribution in [0, 0.1) is 5.82 Å². The summed E-state index contributed by atoms with van der Waals surface area (Å²) >= 11 is 0. The van der Waals surface area contributed by atoms with Gasteiger partial charge in [0.2, 0.25) is 0 Å². The van der Waals surface area contributed by atoms with E-state index in [9.17, 15) is 4.39 Å². The Morgan fingerprint density at radius 3 is 1.74 bits per heavy atom. The maximum absolute atomic E-state index is 14.8. The first-order chi connectivity index (χ1) is 18.7. The Hall–Kier alpha value is -5.16. The SMILES string of the molecule is Fc1ccc(-c2nc(-c3ccccc3)nc(-c3ccc4c(c3)oc3ccccc34)n2)cc1-c1ccccc1. The second-order valence-electron chi connectivity index (χ2n) is 9.04. The summed E-state index contributed by atoms with van der Waals surface area (Å²) in [6.07, 6.45) is 0. The summed E-state index contributed by atoms with van der Waals surface area (Å²) in [6, 6.07) is 38.2. The number of nitrogens with zero attached hydrogens (tertiary/aromatic N) is 3. The smallest absolute Gasteiger partial charge is 0.164 e. The van der Waals surface area contributed by atoms with Gasteiger partial charge in [0.1, 0.15) is 17.0 Å². The van der Waals surface area contributed by atoms with Crippen LogP contribution in [0.5, 0.6) is 0 Å². The molecule has 0 aliphatic carbocycles. The lowest BCUT2D eigenvalue weighted by Gasteiger charge is -2.10. The van der Waals surface area contributed by atoms with Crippen molar-refractivity contribution in [3.05, 3.63) is 127 Å². The van der Waals surface area contributed by atoms with Crippen LogP contribution in [0.2, 0.25) is 0 Å². The van der Waals surface area contributed by atoms with Crippen molar-refractivity contribution in [2.75, 3.05) is 0 Å². The van der Waals surface area contributed by atoms with Crippen molar-refractivity contribution in [2.24, 2.45) is 0 Å². The van der Waals surface area contributed by atoms with E-state index in [1.165, 1.54) is 6.07 Å². The Balaban J connectivity index is 1.41. The van der Waals surface area contributed by atoms with Crippen LogP contribution in [0.4, 0.5) is 4.39 Å². The van der Waals surface area contributed by atoms with Gasteiger partial charge in [0.25, 0.3) is 0 Å². The zero-order valence-electron chi connectivity index (χ0n) is 20.2. The molecule has 0 saturated carbocycles. The van der Waals surface area contributed by atoms with Gasteiger partial charge in [0, 0.05) is 33.0 Å². The molecule has 2 heterocycles. The standard InChI is InChI=1S/C33H20FN3O/c34-28-18-16-23(19-27(28)21-9-3-1-4-10-21)32-35-31(22-11-5-2-6-12-22)36-33(37-32)24-15-17-26-25-13-7-8-14-29(25)38-30(26)20-24/h1-20H. The van der Waals surface area contributed by atoms with E-state index in [1.54, 1.807) is 12.1 Å². The first-order valence-corrected chi connectivity index (χ1v) is 12.3. The number of furan rings is 1. The Labute approximate surface area is 218 Å². The van der Waals surface area contributed by atoms with Crippen molar-refractivity contribution >= 4 is 21.9 Å². The maximum atomic E-state index is 14.8. The van der Waals surface area contributed by atoms with Crippen LogP contribution in [-0.2, 0) is 0 Å². The normalized spacial score (nSPS) is 11.3. The highest BCUT2D eigenvalue weighted by Crippen LogP contribution is 2.33. The quantitative estimate of drug-likeness (QED) is 0.246. The minimum absolute atomic E-state index is 0.298. The van der Waals surface area contributed by atoms with Crippen molar-refractivity contribution in [1.82, 2.24) is 15.0 Å². The average Bonchev–Trinajstić information content (AvgIpc) is 3.36. The molecule has 38 heavy (non-hydrogen) atoms. The molecular weight excluding hydrogens is 473 g/mol. The number of hydrogen-bond donors (Lipinski definition) is 0. The van der Waals surface area contributed by atoms with Crippen molar-refractivity contribution in [2.45, 2.75) is 0 Å². The third-order valence-corrected chi connectivity index (χ3v) is 6.61. The highest BCUT2D eigenvalue weighted by molar-refractivity contribution is 6.05. The van der Waals surface area contributed by atoms with Crippen LogP contribution in [-0.4, -0.2) is 15.0 Å². The van der Waals surface area contributed by atoms with E-state index < -0.39 is 0 Å². The second kappa shape index (κ2) is 9.05. The van der Waals surface area contributed by atoms with E-state index in [0.29, 0.717) is 28.6 Å². The molecule has 0 atom stereocenters. The molecule has 0 N–H and O–H groups in total. The fraction of sp³-hybridized carbons (Fsp3) is 0. The van der Waals surface area contributed by atoms with E-state index in [-0.39, 0.29) is 5.82 Å². The molecule has 0 amide bonds. The summed E-state index contributed by atoms with van der Waals surface area (Å²) in [7, 11) is 0. The lowest BCUT2D eigenvalue weighted by molar-refractivity contribution is 0.631. The number of halogens is 1. The maximum Gasteiger partial charge on any atom is 0.164 e. The molecule has 5 aromatic carbocycles. The fourth-order valence-corrected chi connectivity index (χ4v) is 4.72. The molecule has 2 aromatic heterocycles. The third-order valence-electron chi connectivity index (χ3n) is 6.61. The highest BCUT2D eigenvalue weighted by atomic mass is 19.1. The van der Waals surface area contributed by atoms with Crippen LogP contribution in [0.15, 0.2) is 126 Å². The zero-order valence-corrected chi connectivity index (χ0v) is 20.2. The van der Waals surface area contributed by atoms with Crippen molar-refractivity contribution in [1.29, 1.82) is 0 Å². The molecule has 5 heteroatoms. The topological polar surface area (TPSA) is 51.8 Å². The molecule has 7 rings (SSSR count). The fourth-order valence-electron chi connectivity index (χ4n) is 4.72. The summed E-state index contributed by atoms with van der Waals surface area (Å²) in [5, 5.41) is 2.10. The summed E-state index contributed by atoms with van der Waals surface area (Å²) < 4.78 is 20.9. The number of hydrogen-bond acceptors (Lipinski definition) is 4. The van der Waals surface area contributed by atoms with Gasteiger partial charge in [0.05, 0.1) is 0 Å². The molecule has 7 aromatic rings. The second-order valence-corrected chi connectivity index (χ2v) is 9.04. The summed E-state index contributed by atoms with van der Waals surface area (Å²) in [4.78, 5) is 14.5. The van der Waals surface area contributed by atoms with Gasteiger partial charge in [-0.3, -0.25) is 0 Å². The van der Waals surface area contributed by atoms with Crippen molar-refractivity contribution in [3.8, 4) is 45.3 Å². The van der Waals surface area contributed by atoms with Gasteiger partial charge >= 0.3 is 0 Å². The van der Waals surface area contributed by atoms with Crippen LogP contribution >= 0.6 is 0 Å². The predicted molar refractivity (Wildman–Crippen MR) is 149 cm³/mol. The Morgan fingerprint density at radius 1 is 0.447 bits per heavy atom. The summed E-state index contributed by atoms with van der Waals surface area (Å²) in [5.74, 6) is 1.23. The molecule has 0 spiro atoms.